The Morgan fingerprint density at radius 3 is 2.57 bits per heavy atom. The predicted octanol–water partition coefficient (Wildman–Crippen LogP) is 4.76. The molecule has 1 saturated carbocycles. The summed E-state index contributed by atoms with van der Waals surface area (Å²) in [5, 5.41) is 0. The van der Waals surface area contributed by atoms with Gasteiger partial charge in [0.25, 0.3) is 0 Å². The van der Waals surface area contributed by atoms with Gasteiger partial charge in [0.15, 0.2) is 0 Å². The third kappa shape index (κ3) is 3.64. The summed E-state index contributed by atoms with van der Waals surface area (Å²) in [7, 11) is 0. The first kappa shape index (κ1) is 14.1. The minimum absolute atomic E-state index is 0.121. The fourth-order valence-electron chi connectivity index (χ4n) is 2.32. The monoisotopic (exact) mass is 289 g/mol. The molecule has 0 radical (unpaired) electrons. The molecule has 110 valence electrons. The number of halogens is 2. The first-order valence-electron chi connectivity index (χ1n) is 7.09. The van der Waals surface area contributed by atoms with E-state index in [-0.39, 0.29) is 6.61 Å². The molecule has 2 nitrogen and oxygen atoms in total. The Labute approximate surface area is 122 Å². The Balaban J connectivity index is 1.83. The quantitative estimate of drug-likeness (QED) is 0.792. The molecule has 1 fully saturated rings. The van der Waals surface area contributed by atoms with Crippen LogP contribution in [0.25, 0.3) is 11.1 Å². The number of hydrogen-bond donors (Lipinski definition) is 0. The smallest absolute Gasteiger partial charge is 0.316 e. The van der Waals surface area contributed by atoms with Gasteiger partial charge in [0.2, 0.25) is 0 Å². The van der Waals surface area contributed by atoms with Crippen molar-refractivity contribution in [1.29, 1.82) is 0 Å². The largest absolute Gasteiger partial charge is 0.353 e. The van der Waals surface area contributed by atoms with E-state index in [0.717, 1.165) is 29.3 Å². The van der Waals surface area contributed by atoms with Crippen molar-refractivity contribution in [2.75, 3.05) is 0 Å². The molecule has 1 heterocycles. The number of ether oxygens (including phenoxy) is 1. The lowest BCUT2D eigenvalue weighted by Crippen LogP contribution is -2.15. The maximum atomic E-state index is 12.9. The molecule has 0 unspecified atom stereocenters. The fraction of sp³-hybridized carbons (Fsp3) is 0.353. The van der Waals surface area contributed by atoms with Gasteiger partial charge in [-0.2, -0.15) is 8.78 Å². The topological polar surface area (TPSA) is 22.1 Å². The molecule has 1 aliphatic rings. The van der Waals surface area contributed by atoms with Crippen LogP contribution in [0.5, 0.6) is 0 Å². The van der Waals surface area contributed by atoms with Gasteiger partial charge in [-0.05, 0) is 30.0 Å². The average molecular weight is 289 g/mol. The molecule has 0 atom stereocenters. The van der Waals surface area contributed by atoms with Crippen LogP contribution < -0.4 is 0 Å². The maximum Gasteiger partial charge on any atom is 0.353 e. The molecule has 2 aromatic rings. The van der Waals surface area contributed by atoms with Gasteiger partial charge in [0.05, 0.1) is 6.61 Å². The van der Waals surface area contributed by atoms with Crippen molar-refractivity contribution in [3.05, 3.63) is 53.9 Å². The number of pyridine rings is 1. The molecule has 3 rings (SSSR count). The van der Waals surface area contributed by atoms with E-state index in [4.69, 9.17) is 0 Å². The van der Waals surface area contributed by atoms with Gasteiger partial charge in [0, 0.05) is 30.3 Å². The van der Waals surface area contributed by atoms with Crippen LogP contribution in [0.4, 0.5) is 8.78 Å². The summed E-state index contributed by atoms with van der Waals surface area (Å²) in [6, 6.07) is 11.4. The van der Waals surface area contributed by atoms with Crippen LogP contribution in [-0.4, -0.2) is 11.1 Å². The standard InChI is InChI=1S/C17H17F2NO/c1-17(18,19)21-11-14-4-2-3-5-15(14)13-8-9-16(20-10-13)12-6-7-12/h2-5,8-10,12H,6-7,11H2,1H3. The number of nitrogens with zero attached hydrogens (tertiary/aromatic N) is 1. The van der Waals surface area contributed by atoms with Crippen LogP contribution in [0.15, 0.2) is 42.6 Å². The van der Waals surface area contributed by atoms with Gasteiger partial charge >= 0.3 is 6.11 Å². The van der Waals surface area contributed by atoms with Gasteiger partial charge < -0.3 is 4.74 Å². The highest BCUT2D eigenvalue weighted by atomic mass is 19.3. The van der Waals surface area contributed by atoms with Gasteiger partial charge in [-0.15, -0.1) is 0 Å². The molecule has 0 aliphatic heterocycles. The van der Waals surface area contributed by atoms with Crippen LogP contribution in [0.2, 0.25) is 0 Å². The lowest BCUT2D eigenvalue weighted by atomic mass is 10.0. The zero-order chi connectivity index (χ0) is 14.9. The number of rotatable bonds is 5. The first-order chi connectivity index (χ1) is 10.0. The van der Waals surface area contributed by atoms with Crippen molar-refractivity contribution in [3.8, 4) is 11.1 Å². The summed E-state index contributed by atoms with van der Waals surface area (Å²) < 4.78 is 30.3. The molecule has 1 aromatic carbocycles. The second-order valence-corrected chi connectivity index (χ2v) is 5.50. The average Bonchev–Trinajstić information content (AvgIpc) is 3.30. The van der Waals surface area contributed by atoms with Gasteiger partial charge in [-0.25, -0.2) is 0 Å². The molecule has 0 bridgehead atoms. The zero-order valence-corrected chi connectivity index (χ0v) is 11.9. The molecule has 21 heavy (non-hydrogen) atoms. The number of alkyl halides is 2. The third-order valence-corrected chi connectivity index (χ3v) is 3.59. The summed E-state index contributed by atoms with van der Waals surface area (Å²) in [5.41, 5.74) is 3.67. The van der Waals surface area contributed by atoms with Gasteiger partial charge in [-0.3, -0.25) is 4.98 Å². The SMILES string of the molecule is CC(F)(F)OCc1ccccc1-c1ccc(C2CC2)nc1. The lowest BCUT2D eigenvalue weighted by molar-refractivity contribution is -0.231. The minimum Gasteiger partial charge on any atom is -0.316 e. The Kier molecular flexibility index (Phi) is 3.72. The maximum absolute atomic E-state index is 12.9. The molecule has 0 amide bonds. The normalized spacial score (nSPS) is 15.2. The van der Waals surface area contributed by atoms with Crippen molar-refractivity contribution < 1.29 is 13.5 Å². The second kappa shape index (κ2) is 5.53. The lowest BCUT2D eigenvalue weighted by Gasteiger charge is -2.14. The zero-order valence-electron chi connectivity index (χ0n) is 11.9. The van der Waals surface area contributed by atoms with Crippen molar-refractivity contribution >= 4 is 0 Å². The van der Waals surface area contributed by atoms with Gasteiger partial charge in [0.1, 0.15) is 0 Å². The van der Waals surface area contributed by atoms with E-state index in [1.807, 2.05) is 36.5 Å². The van der Waals surface area contributed by atoms with E-state index in [1.165, 1.54) is 12.8 Å². The summed E-state index contributed by atoms with van der Waals surface area (Å²) in [5.74, 6) is 0.608. The fourth-order valence-corrected chi connectivity index (χ4v) is 2.32. The van der Waals surface area contributed by atoms with Crippen LogP contribution in [-0.2, 0) is 11.3 Å². The van der Waals surface area contributed by atoms with E-state index in [2.05, 4.69) is 9.72 Å². The van der Waals surface area contributed by atoms with E-state index in [0.29, 0.717) is 5.92 Å². The Morgan fingerprint density at radius 1 is 1.19 bits per heavy atom. The summed E-state index contributed by atoms with van der Waals surface area (Å²) in [4.78, 5) is 4.48. The molecule has 0 spiro atoms. The Bertz CT molecular complexity index is 615. The van der Waals surface area contributed by atoms with Crippen molar-refractivity contribution in [1.82, 2.24) is 4.98 Å². The van der Waals surface area contributed by atoms with E-state index in [9.17, 15) is 8.78 Å². The summed E-state index contributed by atoms with van der Waals surface area (Å²) in [6.07, 6.45) is 1.11. The minimum atomic E-state index is -3.12. The van der Waals surface area contributed by atoms with Crippen LogP contribution in [0.3, 0.4) is 0 Å². The Morgan fingerprint density at radius 2 is 1.95 bits per heavy atom. The van der Waals surface area contributed by atoms with E-state index < -0.39 is 6.11 Å². The van der Waals surface area contributed by atoms with Crippen LogP contribution in [0.1, 0.15) is 36.9 Å². The number of aromatic nitrogens is 1. The Hall–Kier alpha value is -1.81. The summed E-state index contributed by atoms with van der Waals surface area (Å²) >= 11 is 0. The van der Waals surface area contributed by atoms with Crippen LogP contribution >= 0.6 is 0 Å². The van der Waals surface area contributed by atoms with Crippen molar-refractivity contribution in [2.45, 2.75) is 38.4 Å². The highest BCUT2D eigenvalue weighted by Gasteiger charge is 2.25. The van der Waals surface area contributed by atoms with E-state index in [1.54, 1.807) is 6.07 Å². The highest BCUT2D eigenvalue weighted by molar-refractivity contribution is 5.66. The third-order valence-electron chi connectivity index (χ3n) is 3.59. The van der Waals surface area contributed by atoms with Crippen LogP contribution in [0, 0.1) is 0 Å². The highest BCUT2D eigenvalue weighted by Crippen LogP contribution is 2.39. The predicted molar refractivity (Wildman–Crippen MR) is 77.1 cm³/mol. The van der Waals surface area contributed by atoms with E-state index >= 15 is 0 Å². The molecule has 0 saturated heterocycles. The van der Waals surface area contributed by atoms with Gasteiger partial charge in [-0.1, -0.05) is 30.3 Å². The molecular weight excluding hydrogens is 272 g/mol. The molecular formula is C17H17F2NO. The van der Waals surface area contributed by atoms with Crippen molar-refractivity contribution in [3.63, 3.8) is 0 Å². The first-order valence-corrected chi connectivity index (χ1v) is 7.09. The number of hydrogen-bond acceptors (Lipinski definition) is 2. The molecule has 1 aliphatic carbocycles. The summed E-state index contributed by atoms with van der Waals surface area (Å²) in [6.45, 7) is 0.631. The molecule has 1 aromatic heterocycles. The van der Waals surface area contributed by atoms with Crippen molar-refractivity contribution in [2.24, 2.45) is 0 Å². The second-order valence-electron chi connectivity index (χ2n) is 5.50. The molecule has 4 heteroatoms. The number of benzene rings is 1. The molecule has 0 N–H and O–H groups in total.